The molecular formula is C16H17N3O3S. The van der Waals surface area contributed by atoms with Gasteiger partial charge in [0.1, 0.15) is 12.4 Å². The third kappa shape index (κ3) is 2.69. The number of hydrogen-bond acceptors (Lipinski definition) is 5. The zero-order valence-electron chi connectivity index (χ0n) is 12.9. The van der Waals surface area contributed by atoms with E-state index in [2.05, 4.69) is 4.98 Å². The van der Waals surface area contributed by atoms with Crippen molar-refractivity contribution in [2.24, 2.45) is 0 Å². The van der Waals surface area contributed by atoms with Crippen molar-refractivity contribution in [3.8, 4) is 0 Å². The number of benzene rings is 2. The van der Waals surface area contributed by atoms with Crippen LogP contribution >= 0.6 is 0 Å². The average molecular weight is 331 g/mol. The molecule has 0 spiro atoms. The predicted octanol–water partition coefficient (Wildman–Crippen LogP) is 2.31. The zero-order chi connectivity index (χ0) is 16.6. The highest BCUT2D eigenvalue weighted by Gasteiger charge is 2.24. The van der Waals surface area contributed by atoms with Crippen LogP contribution in [0.4, 0.5) is 5.69 Å². The van der Waals surface area contributed by atoms with Crippen molar-refractivity contribution in [3.05, 3.63) is 53.9 Å². The molecule has 120 valence electrons. The van der Waals surface area contributed by atoms with Gasteiger partial charge < -0.3 is 10.5 Å². The molecule has 6 nitrogen and oxygen atoms in total. The van der Waals surface area contributed by atoms with Crippen LogP contribution in [0.5, 0.6) is 0 Å². The van der Waals surface area contributed by atoms with E-state index in [0.29, 0.717) is 22.5 Å². The molecule has 2 N–H and O–H groups in total. The second kappa shape index (κ2) is 5.68. The summed E-state index contributed by atoms with van der Waals surface area (Å²) in [5.41, 5.74) is 8.27. The summed E-state index contributed by atoms with van der Waals surface area (Å²) in [7, 11) is -2.29. The average Bonchev–Trinajstić information content (AvgIpc) is 2.86. The summed E-state index contributed by atoms with van der Waals surface area (Å²) in [5, 5.41) is 0. The Kier molecular flexibility index (Phi) is 3.83. The molecule has 0 radical (unpaired) electrons. The third-order valence-electron chi connectivity index (χ3n) is 3.53. The minimum Gasteiger partial charge on any atom is -0.399 e. The van der Waals surface area contributed by atoms with Crippen molar-refractivity contribution in [1.29, 1.82) is 0 Å². The predicted molar refractivity (Wildman–Crippen MR) is 88.6 cm³/mol. The van der Waals surface area contributed by atoms with Crippen molar-refractivity contribution in [2.45, 2.75) is 18.4 Å². The molecule has 7 heteroatoms. The van der Waals surface area contributed by atoms with Gasteiger partial charge >= 0.3 is 0 Å². The minimum atomic E-state index is -3.79. The molecule has 1 heterocycles. The lowest BCUT2D eigenvalue weighted by atomic mass is 10.2. The van der Waals surface area contributed by atoms with Gasteiger partial charge in [0.15, 0.2) is 0 Å². The maximum Gasteiger partial charge on any atom is 0.269 e. The fourth-order valence-corrected chi connectivity index (χ4v) is 3.89. The molecule has 0 aliphatic carbocycles. The van der Waals surface area contributed by atoms with Gasteiger partial charge in [-0.1, -0.05) is 17.7 Å². The molecule has 0 amide bonds. The van der Waals surface area contributed by atoms with Crippen LogP contribution in [0.2, 0.25) is 0 Å². The van der Waals surface area contributed by atoms with Crippen LogP contribution in [0.15, 0.2) is 47.4 Å². The van der Waals surface area contributed by atoms with Crippen molar-refractivity contribution < 1.29 is 13.2 Å². The summed E-state index contributed by atoms with van der Waals surface area (Å²) in [6, 6.07) is 11.7. The van der Waals surface area contributed by atoms with E-state index in [1.165, 1.54) is 11.1 Å². The standard InChI is InChI=1S/C16H17N3O3S/c1-11-3-6-13(7-4-11)23(20,21)19-15-9-12(17)5-8-14(15)18-16(19)10-22-2/h3-9H,10,17H2,1-2H3. The highest BCUT2D eigenvalue weighted by Crippen LogP contribution is 2.25. The van der Waals surface area contributed by atoms with E-state index < -0.39 is 10.0 Å². The van der Waals surface area contributed by atoms with Crippen molar-refractivity contribution >= 4 is 26.7 Å². The first-order chi connectivity index (χ1) is 10.9. The van der Waals surface area contributed by atoms with E-state index in [0.717, 1.165) is 5.56 Å². The zero-order valence-corrected chi connectivity index (χ0v) is 13.7. The Morgan fingerprint density at radius 3 is 2.52 bits per heavy atom. The molecule has 0 unspecified atom stereocenters. The molecular weight excluding hydrogens is 314 g/mol. The van der Waals surface area contributed by atoms with Gasteiger partial charge in [0, 0.05) is 12.8 Å². The smallest absolute Gasteiger partial charge is 0.269 e. The lowest BCUT2D eigenvalue weighted by Crippen LogP contribution is -2.16. The fraction of sp³-hybridized carbons (Fsp3) is 0.188. The van der Waals surface area contributed by atoms with E-state index in [9.17, 15) is 8.42 Å². The van der Waals surface area contributed by atoms with Gasteiger partial charge in [-0.25, -0.2) is 17.4 Å². The lowest BCUT2D eigenvalue weighted by molar-refractivity contribution is 0.177. The Balaban J connectivity index is 2.30. The maximum absolute atomic E-state index is 13.1. The van der Waals surface area contributed by atoms with Crippen molar-refractivity contribution in [2.75, 3.05) is 12.8 Å². The summed E-state index contributed by atoms with van der Waals surface area (Å²) < 4.78 is 32.4. The minimum absolute atomic E-state index is 0.0830. The van der Waals surface area contributed by atoms with Crippen LogP contribution in [-0.2, 0) is 21.4 Å². The number of hydrogen-bond donors (Lipinski definition) is 1. The number of nitrogens with two attached hydrogens (primary N) is 1. The molecule has 3 aromatic rings. The van der Waals surface area contributed by atoms with E-state index in [1.807, 2.05) is 6.92 Å². The Bertz CT molecular complexity index is 960. The summed E-state index contributed by atoms with van der Waals surface area (Å²) in [4.78, 5) is 4.55. The van der Waals surface area contributed by atoms with E-state index >= 15 is 0 Å². The number of anilines is 1. The van der Waals surface area contributed by atoms with Gasteiger partial charge in [0.05, 0.1) is 15.9 Å². The first-order valence-electron chi connectivity index (χ1n) is 7.01. The molecule has 0 saturated heterocycles. The third-order valence-corrected chi connectivity index (χ3v) is 5.29. The molecule has 0 atom stereocenters. The van der Waals surface area contributed by atoms with Gasteiger partial charge in [-0.2, -0.15) is 0 Å². The van der Waals surface area contributed by atoms with Gasteiger partial charge in [0.2, 0.25) is 0 Å². The molecule has 0 fully saturated rings. The van der Waals surface area contributed by atoms with Crippen LogP contribution in [0.1, 0.15) is 11.4 Å². The van der Waals surface area contributed by atoms with Gasteiger partial charge in [-0.3, -0.25) is 0 Å². The van der Waals surface area contributed by atoms with E-state index in [-0.39, 0.29) is 11.5 Å². The largest absolute Gasteiger partial charge is 0.399 e. The second-order valence-corrected chi connectivity index (χ2v) is 7.08. The highest BCUT2D eigenvalue weighted by atomic mass is 32.2. The first kappa shape index (κ1) is 15.5. The van der Waals surface area contributed by atoms with Crippen LogP contribution in [0.25, 0.3) is 11.0 Å². The molecule has 0 aliphatic heterocycles. The Morgan fingerprint density at radius 2 is 1.87 bits per heavy atom. The molecule has 0 aliphatic rings. The number of ether oxygens (including phenoxy) is 1. The number of methoxy groups -OCH3 is 1. The van der Waals surface area contributed by atoms with Crippen LogP contribution in [0.3, 0.4) is 0 Å². The Labute approximate surface area is 134 Å². The molecule has 0 saturated carbocycles. The number of nitrogens with zero attached hydrogens (tertiary/aromatic N) is 2. The number of aromatic nitrogens is 2. The van der Waals surface area contributed by atoms with Crippen LogP contribution in [0, 0.1) is 6.92 Å². The van der Waals surface area contributed by atoms with Crippen LogP contribution < -0.4 is 5.73 Å². The summed E-state index contributed by atoms with van der Waals surface area (Å²) >= 11 is 0. The second-order valence-electron chi connectivity index (χ2n) is 5.29. The Hall–Kier alpha value is -2.38. The molecule has 1 aromatic heterocycles. The monoisotopic (exact) mass is 331 g/mol. The summed E-state index contributed by atoms with van der Waals surface area (Å²) in [5.74, 6) is 0.314. The number of nitrogen functional groups attached to an aromatic ring is 1. The highest BCUT2D eigenvalue weighted by molar-refractivity contribution is 7.90. The molecule has 2 aromatic carbocycles. The van der Waals surface area contributed by atoms with Gasteiger partial charge in [-0.15, -0.1) is 0 Å². The maximum atomic E-state index is 13.1. The number of rotatable bonds is 4. The van der Waals surface area contributed by atoms with Crippen LogP contribution in [-0.4, -0.2) is 24.5 Å². The molecule has 3 rings (SSSR count). The van der Waals surface area contributed by atoms with Gasteiger partial charge in [0.25, 0.3) is 10.0 Å². The lowest BCUT2D eigenvalue weighted by Gasteiger charge is -2.10. The number of fused-ring (bicyclic) bond motifs is 1. The Morgan fingerprint density at radius 1 is 1.17 bits per heavy atom. The summed E-state index contributed by atoms with van der Waals surface area (Å²) in [6.45, 7) is 1.99. The molecule has 23 heavy (non-hydrogen) atoms. The van der Waals surface area contributed by atoms with E-state index in [4.69, 9.17) is 10.5 Å². The number of imidazole rings is 1. The van der Waals surface area contributed by atoms with Gasteiger partial charge in [-0.05, 0) is 37.3 Å². The van der Waals surface area contributed by atoms with Crippen molar-refractivity contribution in [3.63, 3.8) is 0 Å². The fourth-order valence-electron chi connectivity index (χ4n) is 2.43. The molecule has 0 bridgehead atoms. The topological polar surface area (TPSA) is 87.2 Å². The first-order valence-corrected chi connectivity index (χ1v) is 8.45. The van der Waals surface area contributed by atoms with E-state index in [1.54, 1.807) is 42.5 Å². The quantitative estimate of drug-likeness (QED) is 0.741. The van der Waals surface area contributed by atoms with Crippen molar-refractivity contribution in [1.82, 2.24) is 8.96 Å². The summed E-state index contributed by atoms with van der Waals surface area (Å²) in [6.07, 6.45) is 0. The number of aryl methyl sites for hydroxylation is 1. The normalized spacial score (nSPS) is 11.9. The SMILES string of the molecule is COCc1nc2ccc(N)cc2n1S(=O)(=O)c1ccc(C)cc1.